The van der Waals surface area contributed by atoms with Gasteiger partial charge in [-0.25, -0.2) is 4.79 Å². The number of carbonyl (C=O) groups excluding carboxylic acids is 1. The van der Waals surface area contributed by atoms with Gasteiger partial charge in [-0.1, -0.05) is 23.7 Å². The number of urea groups is 1. The number of rotatable bonds is 6. The molecule has 6 heteroatoms. The lowest BCUT2D eigenvalue weighted by Crippen LogP contribution is -2.41. The number of aliphatic hydroxyl groups is 1. The molecular weight excluding hydrogens is 316 g/mol. The van der Waals surface area contributed by atoms with Gasteiger partial charge in [-0.2, -0.15) is 0 Å². The SMILES string of the molecule is COc1ccc(CC(CO)NC(=O)Nc2ccc(Cl)cc2)cc1. The fourth-order valence-corrected chi connectivity index (χ4v) is 2.22. The van der Waals surface area contributed by atoms with E-state index >= 15 is 0 Å². The van der Waals surface area contributed by atoms with Crippen LogP contribution < -0.4 is 15.4 Å². The van der Waals surface area contributed by atoms with Gasteiger partial charge in [-0.05, 0) is 48.4 Å². The van der Waals surface area contributed by atoms with Crippen LogP contribution in [-0.2, 0) is 6.42 Å². The largest absolute Gasteiger partial charge is 0.497 e. The molecule has 0 aliphatic rings. The fourth-order valence-electron chi connectivity index (χ4n) is 2.09. The molecule has 2 aromatic carbocycles. The normalized spacial score (nSPS) is 11.6. The average Bonchev–Trinajstić information content (AvgIpc) is 2.57. The molecule has 2 amide bonds. The maximum atomic E-state index is 12.0. The summed E-state index contributed by atoms with van der Waals surface area (Å²) in [6, 6.07) is 13.5. The lowest BCUT2D eigenvalue weighted by Gasteiger charge is -2.17. The highest BCUT2D eigenvalue weighted by Crippen LogP contribution is 2.14. The smallest absolute Gasteiger partial charge is 0.319 e. The van der Waals surface area contributed by atoms with Gasteiger partial charge in [0.2, 0.25) is 0 Å². The number of amides is 2. The topological polar surface area (TPSA) is 70.6 Å². The Morgan fingerprint density at radius 1 is 1.17 bits per heavy atom. The molecule has 3 N–H and O–H groups in total. The van der Waals surface area contributed by atoms with Gasteiger partial charge in [-0.15, -0.1) is 0 Å². The molecule has 2 rings (SSSR count). The predicted octanol–water partition coefficient (Wildman–Crippen LogP) is 3.07. The summed E-state index contributed by atoms with van der Waals surface area (Å²) in [4.78, 5) is 12.0. The number of methoxy groups -OCH3 is 1. The monoisotopic (exact) mass is 334 g/mol. The molecule has 0 fully saturated rings. The van der Waals surface area contributed by atoms with Gasteiger partial charge >= 0.3 is 6.03 Å². The number of ether oxygens (including phenoxy) is 1. The minimum Gasteiger partial charge on any atom is -0.497 e. The van der Waals surface area contributed by atoms with Gasteiger partial charge in [0, 0.05) is 10.7 Å². The van der Waals surface area contributed by atoms with Crippen LogP contribution in [0.1, 0.15) is 5.56 Å². The molecule has 0 aliphatic carbocycles. The van der Waals surface area contributed by atoms with Crippen LogP contribution >= 0.6 is 11.6 Å². The predicted molar refractivity (Wildman–Crippen MR) is 91.2 cm³/mol. The van der Waals surface area contributed by atoms with Gasteiger partial charge in [-0.3, -0.25) is 0 Å². The van der Waals surface area contributed by atoms with E-state index in [9.17, 15) is 9.90 Å². The van der Waals surface area contributed by atoms with E-state index in [0.29, 0.717) is 17.1 Å². The number of carbonyl (C=O) groups is 1. The highest BCUT2D eigenvalue weighted by Gasteiger charge is 2.12. The fraction of sp³-hybridized carbons (Fsp3) is 0.235. The number of halogens is 1. The third kappa shape index (κ3) is 5.47. The second-order valence-corrected chi connectivity index (χ2v) is 5.47. The average molecular weight is 335 g/mol. The molecule has 23 heavy (non-hydrogen) atoms. The molecule has 5 nitrogen and oxygen atoms in total. The van der Waals surface area contributed by atoms with E-state index in [2.05, 4.69) is 10.6 Å². The first-order valence-electron chi connectivity index (χ1n) is 7.17. The number of hydrogen-bond acceptors (Lipinski definition) is 3. The maximum Gasteiger partial charge on any atom is 0.319 e. The Morgan fingerprint density at radius 2 is 1.83 bits per heavy atom. The number of aliphatic hydroxyl groups excluding tert-OH is 1. The number of benzene rings is 2. The van der Waals surface area contributed by atoms with Crippen molar-refractivity contribution in [2.24, 2.45) is 0 Å². The van der Waals surface area contributed by atoms with E-state index in [-0.39, 0.29) is 18.7 Å². The van der Waals surface area contributed by atoms with Gasteiger partial charge in [0.15, 0.2) is 0 Å². The molecule has 1 unspecified atom stereocenters. The standard InChI is InChI=1S/C17H19ClN2O3/c1-23-16-8-2-12(3-9-16)10-15(11-21)20-17(22)19-14-6-4-13(18)5-7-14/h2-9,15,21H,10-11H2,1H3,(H2,19,20,22). The van der Waals surface area contributed by atoms with Crippen molar-refractivity contribution in [3.8, 4) is 5.75 Å². The molecule has 122 valence electrons. The van der Waals surface area contributed by atoms with E-state index in [0.717, 1.165) is 11.3 Å². The Morgan fingerprint density at radius 3 is 2.39 bits per heavy atom. The maximum absolute atomic E-state index is 12.0. The van der Waals surface area contributed by atoms with Crippen molar-refractivity contribution >= 4 is 23.3 Å². The van der Waals surface area contributed by atoms with Crippen LogP contribution in [0.15, 0.2) is 48.5 Å². The quantitative estimate of drug-likeness (QED) is 0.760. The first-order chi connectivity index (χ1) is 11.1. The molecule has 0 heterocycles. The molecule has 0 bridgehead atoms. The summed E-state index contributed by atoms with van der Waals surface area (Å²) < 4.78 is 5.10. The molecule has 0 saturated heterocycles. The van der Waals surface area contributed by atoms with E-state index in [4.69, 9.17) is 16.3 Å². The minimum absolute atomic E-state index is 0.153. The van der Waals surface area contributed by atoms with Crippen LogP contribution in [-0.4, -0.2) is 30.9 Å². The lowest BCUT2D eigenvalue weighted by atomic mass is 10.1. The molecule has 0 aromatic heterocycles. The number of hydrogen-bond donors (Lipinski definition) is 3. The lowest BCUT2D eigenvalue weighted by molar-refractivity contribution is 0.224. The van der Waals surface area contributed by atoms with Crippen LogP contribution in [0.5, 0.6) is 5.75 Å². The Balaban J connectivity index is 1.89. The van der Waals surface area contributed by atoms with Crippen LogP contribution in [0.3, 0.4) is 0 Å². The van der Waals surface area contributed by atoms with E-state index in [1.54, 1.807) is 31.4 Å². The Bertz CT molecular complexity index is 629. The summed E-state index contributed by atoms with van der Waals surface area (Å²) in [6.07, 6.45) is 0.522. The van der Waals surface area contributed by atoms with Gasteiger partial charge in [0.25, 0.3) is 0 Å². The highest BCUT2D eigenvalue weighted by molar-refractivity contribution is 6.30. The van der Waals surface area contributed by atoms with Gasteiger partial charge in [0.05, 0.1) is 19.8 Å². The minimum atomic E-state index is -0.379. The molecule has 0 spiro atoms. The highest BCUT2D eigenvalue weighted by atomic mass is 35.5. The molecule has 2 aromatic rings. The van der Waals surface area contributed by atoms with Crippen molar-refractivity contribution < 1.29 is 14.6 Å². The zero-order valence-corrected chi connectivity index (χ0v) is 13.5. The van der Waals surface area contributed by atoms with E-state index < -0.39 is 0 Å². The Labute approximate surface area is 140 Å². The summed E-state index contributed by atoms with van der Waals surface area (Å²) in [5.41, 5.74) is 1.63. The molecule has 1 atom stereocenters. The summed E-state index contributed by atoms with van der Waals surface area (Å²) in [5.74, 6) is 0.766. The molecule has 0 saturated carbocycles. The summed E-state index contributed by atoms with van der Waals surface area (Å²) in [7, 11) is 1.61. The first-order valence-corrected chi connectivity index (χ1v) is 7.55. The van der Waals surface area contributed by atoms with Crippen LogP contribution in [0, 0.1) is 0 Å². The summed E-state index contributed by atoms with van der Waals surface area (Å²) >= 11 is 5.80. The van der Waals surface area contributed by atoms with Gasteiger partial charge < -0.3 is 20.5 Å². The number of anilines is 1. The Kier molecular flexibility index (Phi) is 6.26. The van der Waals surface area contributed by atoms with E-state index in [1.807, 2.05) is 24.3 Å². The zero-order valence-electron chi connectivity index (χ0n) is 12.8. The van der Waals surface area contributed by atoms with Crippen molar-refractivity contribution in [3.05, 3.63) is 59.1 Å². The first kappa shape index (κ1) is 17.1. The Hall–Kier alpha value is -2.24. The van der Waals surface area contributed by atoms with Crippen molar-refractivity contribution in [2.45, 2.75) is 12.5 Å². The summed E-state index contributed by atoms with van der Waals surface area (Å²) in [5, 5.41) is 15.5. The van der Waals surface area contributed by atoms with Crippen molar-refractivity contribution in [2.75, 3.05) is 19.0 Å². The van der Waals surface area contributed by atoms with Crippen LogP contribution in [0.25, 0.3) is 0 Å². The second kappa shape index (κ2) is 8.41. The van der Waals surface area contributed by atoms with Crippen molar-refractivity contribution in [1.29, 1.82) is 0 Å². The van der Waals surface area contributed by atoms with Crippen molar-refractivity contribution in [3.63, 3.8) is 0 Å². The van der Waals surface area contributed by atoms with Crippen LogP contribution in [0.4, 0.5) is 10.5 Å². The second-order valence-electron chi connectivity index (χ2n) is 5.04. The third-order valence-corrected chi connectivity index (χ3v) is 3.55. The van der Waals surface area contributed by atoms with Crippen LogP contribution in [0.2, 0.25) is 5.02 Å². The third-order valence-electron chi connectivity index (χ3n) is 3.30. The van der Waals surface area contributed by atoms with Crippen molar-refractivity contribution in [1.82, 2.24) is 5.32 Å². The number of nitrogens with one attached hydrogen (secondary N) is 2. The zero-order chi connectivity index (χ0) is 16.7. The molecular formula is C17H19ClN2O3. The molecule has 0 radical (unpaired) electrons. The van der Waals surface area contributed by atoms with Gasteiger partial charge in [0.1, 0.15) is 5.75 Å². The molecule has 0 aliphatic heterocycles. The van der Waals surface area contributed by atoms with E-state index in [1.165, 1.54) is 0 Å². The summed E-state index contributed by atoms with van der Waals surface area (Å²) in [6.45, 7) is -0.153.